The van der Waals surface area contributed by atoms with E-state index < -0.39 is 0 Å². The van der Waals surface area contributed by atoms with E-state index in [9.17, 15) is 0 Å². The van der Waals surface area contributed by atoms with Crippen molar-refractivity contribution in [3.63, 3.8) is 0 Å². The van der Waals surface area contributed by atoms with Gasteiger partial charge in [-0.1, -0.05) is 70.2 Å². The molecule has 1 atom stereocenters. The summed E-state index contributed by atoms with van der Waals surface area (Å²) in [5.41, 5.74) is 9.29. The van der Waals surface area contributed by atoms with E-state index in [2.05, 4.69) is 38.1 Å². The molecule has 1 aliphatic carbocycles. The fourth-order valence-corrected chi connectivity index (χ4v) is 3.71. The zero-order valence-electron chi connectivity index (χ0n) is 13.3. The average Bonchev–Trinajstić information content (AvgIpc) is 2.49. The summed E-state index contributed by atoms with van der Waals surface area (Å²) >= 11 is 0. The van der Waals surface area contributed by atoms with E-state index in [0.29, 0.717) is 5.92 Å². The summed E-state index contributed by atoms with van der Waals surface area (Å²) in [4.78, 5) is 0. The predicted molar refractivity (Wildman–Crippen MR) is 87.7 cm³/mol. The van der Waals surface area contributed by atoms with Gasteiger partial charge in [0, 0.05) is 6.04 Å². The van der Waals surface area contributed by atoms with Crippen molar-refractivity contribution in [1.82, 2.24) is 0 Å². The first-order valence-corrected chi connectivity index (χ1v) is 8.59. The lowest BCUT2D eigenvalue weighted by Crippen LogP contribution is -2.26. The summed E-state index contributed by atoms with van der Waals surface area (Å²) in [5, 5.41) is 0. The van der Waals surface area contributed by atoms with Crippen molar-refractivity contribution >= 4 is 0 Å². The van der Waals surface area contributed by atoms with Crippen LogP contribution in [0.3, 0.4) is 0 Å². The van der Waals surface area contributed by atoms with Gasteiger partial charge in [0.15, 0.2) is 0 Å². The van der Waals surface area contributed by atoms with Gasteiger partial charge in [-0.3, -0.25) is 0 Å². The number of nitrogens with two attached hydrogens (primary N) is 1. The molecule has 1 heteroatoms. The molecule has 1 nitrogen and oxygen atoms in total. The Balaban J connectivity index is 1.89. The number of hydrogen-bond donors (Lipinski definition) is 1. The Morgan fingerprint density at radius 1 is 1.00 bits per heavy atom. The molecule has 0 saturated heterocycles. The topological polar surface area (TPSA) is 26.0 Å². The third kappa shape index (κ3) is 4.09. The maximum absolute atomic E-state index is 6.51. The Hall–Kier alpha value is -0.820. The molecule has 0 radical (unpaired) electrons. The largest absolute Gasteiger partial charge is 0.324 e. The third-order valence-corrected chi connectivity index (χ3v) is 5.00. The van der Waals surface area contributed by atoms with E-state index in [1.165, 1.54) is 62.5 Å². The lowest BCUT2D eigenvalue weighted by atomic mass is 9.76. The van der Waals surface area contributed by atoms with Crippen LogP contribution in [0.5, 0.6) is 0 Å². The Bertz CT molecular complexity index is 373. The van der Waals surface area contributed by atoms with Crippen LogP contribution < -0.4 is 5.73 Å². The monoisotopic (exact) mass is 273 g/mol. The second-order valence-corrected chi connectivity index (χ2v) is 6.59. The first-order chi connectivity index (χ1) is 9.74. The van der Waals surface area contributed by atoms with Crippen molar-refractivity contribution in [3.05, 3.63) is 35.4 Å². The molecule has 1 unspecified atom stereocenters. The molecule has 20 heavy (non-hydrogen) atoms. The van der Waals surface area contributed by atoms with Crippen LogP contribution in [0.15, 0.2) is 24.3 Å². The fraction of sp³-hybridized carbons (Fsp3) is 0.684. The quantitative estimate of drug-likeness (QED) is 0.753. The number of hydrogen-bond acceptors (Lipinski definition) is 1. The smallest absolute Gasteiger partial charge is 0.0323 e. The maximum Gasteiger partial charge on any atom is 0.0323 e. The van der Waals surface area contributed by atoms with Gasteiger partial charge in [0.2, 0.25) is 0 Å². The standard InChI is InChI=1S/C19H31N/c1-3-5-15-7-11-17(12-8-15)19(20)18-13-9-16(6-4-2)10-14-18/h7-8,11-12,16,18-19H,3-6,9-10,13-14,20H2,1-2H3. The van der Waals surface area contributed by atoms with Crippen LogP contribution in [0.1, 0.15) is 76.0 Å². The predicted octanol–water partition coefficient (Wildman–Crippen LogP) is 5.25. The van der Waals surface area contributed by atoms with Crippen LogP contribution in [0.4, 0.5) is 0 Å². The van der Waals surface area contributed by atoms with Gasteiger partial charge in [0.25, 0.3) is 0 Å². The average molecular weight is 273 g/mol. The molecule has 0 aliphatic heterocycles. The highest BCUT2D eigenvalue weighted by Gasteiger charge is 2.25. The van der Waals surface area contributed by atoms with Gasteiger partial charge in [0.1, 0.15) is 0 Å². The van der Waals surface area contributed by atoms with Gasteiger partial charge in [-0.25, -0.2) is 0 Å². The molecular formula is C19H31N. The molecular weight excluding hydrogens is 242 g/mol. The molecule has 112 valence electrons. The van der Waals surface area contributed by atoms with E-state index in [4.69, 9.17) is 5.73 Å². The minimum Gasteiger partial charge on any atom is -0.324 e. The second kappa shape index (κ2) is 7.83. The van der Waals surface area contributed by atoms with Crippen molar-refractivity contribution < 1.29 is 0 Å². The third-order valence-electron chi connectivity index (χ3n) is 5.00. The number of aryl methyl sites for hydroxylation is 1. The molecule has 1 saturated carbocycles. The second-order valence-electron chi connectivity index (χ2n) is 6.59. The molecule has 1 fully saturated rings. The van der Waals surface area contributed by atoms with Gasteiger partial charge in [-0.15, -0.1) is 0 Å². The summed E-state index contributed by atoms with van der Waals surface area (Å²) in [5.74, 6) is 1.66. The molecule has 2 N–H and O–H groups in total. The van der Waals surface area contributed by atoms with Gasteiger partial charge in [0.05, 0.1) is 0 Å². The van der Waals surface area contributed by atoms with Crippen LogP contribution in [-0.4, -0.2) is 0 Å². The maximum atomic E-state index is 6.51. The first-order valence-electron chi connectivity index (χ1n) is 8.59. The Kier molecular flexibility index (Phi) is 6.09. The highest BCUT2D eigenvalue weighted by Crippen LogP contribution is 2.37. The summed E-state index contributed by atoms with van der Waals surface area (Å²) in [7, 11) is 0. The molecule has 1 aromatic carbocycles. The number of rotatable bonds is 6. The highest BCUT2D eigenvalue weighted by molar-refractivity contribution is 5.25. The van der Waals surface area contributed by atoms with Gasteiger partial charge < -0.3 is 5.73 Å². The van der Waals surface area contributed by atoms with Crippen molar-refractivity contribution in [2.75, 3.05) is 0 Å². The highest BCUT2D eigenvalue weighted by atomic mass is 14.7. The van der Waals surface area contributed by atoms with Crippen molar-refractivity contribution in [2.45, 2.75) is 71.3 Å². The van der Waals surface area contributed by atoms with E-state index >= 15 is 0 Å². The molecule has 1 aliphatic rings. The molecule has 0 aromatic heterocycles. The molecule has 0 heterocycles. The lowest BCUT2D eigenvalue weighted by molar-refractivity contribution is 0.234. The van der Waals surface area contributed by atoms with Crippen LogP contribution in [0, 0.1) is 11.8 Å². The molecule has 1 aromatic rings. The SMILES string of the molecule is CCCc1ccc(C(N)C2CCC(CCC)CC2)cc1. The summed E-state index contributed by atoms with van der Waals surface area (Å²) in [6.45, 7) is 4.53. The van der Waals surface area contributed by atoms with Gasteiger partial charge in [-0.2, -0.15) is 0 Å². The zero-order chi connectivity index (χ0) is 14.4. The molecule has 0 spiro atoms. The Morgan fingerprint density at radius 2 is 1.65 bits per heavy atom. The van der Waals surface area contributed by atoms with Crippen LogP contribution in [0.2, 0.25) is 0 Å². The van der Waals surface area contributed by atoms with E-state index in [0.717, 1.165) is 5.92 Å². The van der Waals surface area contributed by atoms with Crippen LogP contribution >= 0.6 is 0 Å². The Labute approximate surface area is 125 Å². The summed E-state index contributed by atoms with van der Waals surface area (Å²) < 4.78 is 0. The van der Waals surface area contributed by atoms with Crippen molar-refractivity contribution in [1.29, 1.82) is 0 Å². The molecule has 0 bridgehead atoms. The zero-order valence-corrected chi connectivity index (χ0v) is 13.3. The van der Waals surface area contributed by atoms with Crippen molar-refractivity contribution in [2.24, 2.45) is 17.6 Å². The van der Waals surface area contributed by atoms with Gasteiger partial charge in [-0.05, 0) is 42.2 Å². The van der Waals surface area contributed by atoms with Crippen LogP contribution in [-0.2, 0) is 6.42 Å². The van der Waals surface area contributed by atoms with Crippen LogP contribution in [0.25, 0.3) is 0 Å². The normalized spacial score (nSPS) is 24.6. The summed E-state index contributed by atoms with van der Waals surface area (Å²) in [6, 6.07) is 9.29. The minimum atomic E-state index is 0.244. The van der Waals surface area contributed by atoms with E-state index in [1.54, 1.807) is 0 Å². The summed E-state index contributed by atoms with van der Waals surface area (Å²) in [6.07, 6.45) is 10.6. The Morgan fingerprint density at radius 3 is 2.20 bits per heavy atom. The lowest BCUT2D eigenvalue weighted by Gasteiger charge is -2.32. The van der Waals surface area contributed by atoms with E-state index in [-0.39, 0.29) is 6.04 Å². The molecule has 2 rings (SSSR count). The van der Waals surface area contributed by atoms with Gasteiger partial charge >= 0.3 is 0 Å². The van der Waals surface area contributed by atoms with Crippen molar-refractivity contribution in [3.8, 4) is 0 Å². The molecule has 0 amide bonds. The fourth-order valence-electron chi connectivity index (χ4n) is 3.71. The van der Waals surface area contributed by atoms with E-state index in [1.807, 2.05) is 0 Å². The minimum absolute atomic E-state index is 0.244. The first kappa shape index (κ1) is 15.6. The number of benzene rings is 1.